The van der Waals surface area contributed by atoms with Crippen LogP contribution in [0.4, 0.5) is 0 Å². The van der Waals surface area contributed by atoms with Crippen molar-refractivity contribution in [3.63, 3.8) is 0 Å². The molecule has 0 aromatic rings. The quantitative estimate of drug-likeness (QED) is 0.389. The van der Waals surface area contributed by atoms with Gasteiger partial charge in [0, 0.05) is 18.9 Å². The van der Waals surface area contributed by atoms with Crippen molar-refractivity contribution in [2.24, 2.45) is 35.0 Å². The van der Waals surface area contributed by atoms with Gasteiger partial charge in [0.1, 0.15) is 5.78 Å². The van der Waals surface area contributed by atoms with Crippen LogP contribution in [-0.4, -0.2) is 31.2 Å². The second kappa shape index (κ2) is 11.5. The minimum Gasteiger partial charge on any atom is -0.381 e. The van der Waals surface area contributed by atoms with E-state index in [1.807, 2.05) is 7.11 Å². The lowest BCUT2D eigenvalue weighted by Gasteiger charge is -2.47. The van der Waals surface area contributed by atoms with E-state index in [1.54, 1.807) is 0 Å². The molecule has 0 atom stereocenters. The lowest BCUT2D eigenvalue weighted by molar-refractivity contribution is -0.131. The lowest BCUT2D eigenvalue weighted by Crippen LogP contribution is -2.39. The molecule has 3 nitrogen and oxygen atoms in total. The standard InChI is InChI=1S/C30H52O3/c1-21-5-7-22(8-6-21)29(31)23-9-15-27(16-10-23)33-28-19-13-25(14-20-28)30(2,3)24-11-17-26(32-4)18-12-24/h21-28H,5-20H2,1-4H3. The number of rotatable bonds is 7. The van der Waals surface area contributed by atoms with Crippen molar-refractivity contribution >= 4 is 5.78 Å². The topological polar surface area (TPSA) is 35.5 Å². The third kappa shape index (κ3) is 6.43. The Morgan fingerprint density at radius 2 is 1.00 bits per heavy atom. The minimum absolute atomic E-state index is 0.327. The molecule has 0 amide bonds. The van der Waals surface area contributed by atoms with Gasteiger partial charge in [-0.2, -0.15) is 0 Å². The molecule has 0 radical (unpaired) electrons. The van der Waals surface area contributed by atoms with Gasteiger partial charge < -0.3 is 9.47 Å². The Hall–Kier alpha value is -0.410. The zero-order valence-corrected chi connectivity index (χ0v) is 22.2. The van der Waals surface area contributed by atoms with Crippen molar-refractivity contribution in [1.29, 1.82) is 0 Å². The number of ketones is 1. The fourth-order valence-corrected chi connectivity index (χ4v) is 7.95. The van der Waals surface area contributed by atoms with Gasteiger partial charge in [0.05, 0.1) is 18.3 Å². The van der Waals surface area contributed by atoms with E-state index in [4.69, 9.17) is 9.47 Å². The maximum absolute atomic E-state index is 13.0. The van der Waals surface area contributed by atoms with E-state index in [2.05, 4.69) is 20.8 Å². The van der Waals surface area contributed by atoms with E-state index in [-0.39, 0.29) is 0 Å². The highest BCUT2D eigenvalue weighted by molar-refractivity contribution is 5.83. The number of Topliss-reactive ketones (excluding diaryl/α,β-unsaturated/α-hetero) is 1. The van der Waals surface area contributed by atoms with Crippen LogP contribution in [0.2, 0.25) is 0 Å². The van der Waals surface area contributed by atoms with E-state index in [9.17, 15) is 4.79 Å². The molecule has 0 aromatic carbocycles. The van der Waals surface area contributed by atoms with E-state index in [0.29, 0.717) is 41.3 Å². The second-order valence-electron chi connectivity index (χ2n) is 13.0. The Morgan fingerprint density at radius 3 is 1.45 bits per heavy atom. The SMILES string of the molecule is COC1CCC(C(C)(C)C2CCC(OC3CCC(C(=O)C4CCC(C)CC4)CC3)CC2)CC1. The monoisotopic (exact) mass is 460 g/mol. The van der Waals surface area contributed by atoms with Crippen LogP contribution in [0.25, 0.3) is 0 Å². The van der Waals surface area contributed by atoms with Crippen LogP contribution in [0.15, 0.2) is 0 Å². The van der Waals surface area contributed by atoms with Gasteiger partial charge in [0.2, 0.25) is 0 Å². The summed E-state index contributed by atoms with van der Waals surface area (Å²) in [4.78, 5) is 13.0. The van der Waals surface area contributed by atoms with Gasteiger partial charge in [-0.05, 0) is 113 Å². The average molecular weight is 461 g/mol. The van der Waals surface area contributed by atoms with Crippen LogP contribution < -0.4 is 0 Å². The van der Waals surface area contributed by atoms with Crippen LogP contribution in [0.5, 0.6) is 0 Å². The number of methoxy groups -OCH3 is 1. The van der Waals surface area contributed by atoms with Crippen LogP contribution >= 0.6 is 0 Å². The van der Waals surface area contributed by atoms with Crippen LogP contribution in [-0.2, 0) is 14.3 Å². The van der Waals surface area contributed by atoms with Gasteiger partial charge >= 0.3 is 0 Å². The summed E-state index contributed by atoms with van der Waals surface area (Å²) in [6, 6.07) is 0. The third-order valence-electron chi connectivity index (χ3n) is 10.7. The lowest BCUT2D eigenvalue weighted by atomic mass is 9.60. The number of hydrogen-bond acceptors (Lipinski definition) is 3. The summed E-state index contributed by atoms with van der Waals surface area (Å²) in [5, 5.41) is 0. The molecule has 4 aliphatic carbocycles. The number of hydrogen-bond donors (Lipinski definition) is 0. The van der Waals surface area contributed by atoms with Crippen molar-refractivity contribution < 1.29 is 14.3 Å². The molecular formula is C30H52O3. The van der Waals surface area contributed by atoms with Crippen molar-refractivity contribution in [1.82, 2.24) is 0 Å². The van der Waals surface area contributed by atoms with Gasteiger partial charge in [-0.15, -0.1) is 0 Å². The van der Waals surface area contributed by atoms with Crippen molar-refractivity contribution in [3.8, 4) is 0 Å². The molecular weight excluding hydrogens is 408 g/mol. The fourth-order valence-electron chi connectivity index (χ4n) is 7.95. The molecule has 0 aliphatic heterocycles. The summed E-state index contributed by atoms with van der Waals surface area (Å²) >= 11 is 0. The van der Waals surface area contributed by atoms with Gasteiger partial charge in [0.15, 0.2) is 0 Å². The smallest absolute Gasteiger partial charge is 0.139 e. The summed E-state index contributed by atoms with van der Waals surface area (Å²) in [5.74, 6) is 3.81. The number of ether oxygens (including phenoxy) is 2. The molecule has 3 heteroatoms. The molecule has 4 aliphatic rings. The highest BCUT2D eigenvalue weighted by Crippen LogP contribution is 2.49. The van der Waals surface area contributed by atoms with Crippen LogP contribution in [0, 0.1) is 35.0 Å². The first kappa shape index (κ1) is 25.7. The summed E-state index contributed by atoms with van der Waals surface area (Å²) in [6.45, 7) is 7.43. The summed E-state index contributed by atoms with van der Waals surface area (Å²) in [7, 11) is 1.87. The molecule has 33 heavy (non-hydrogen) atoms. The Bertz CT molecular complexity index is 596. The van der Waals surface area contributed by atoms with E-state index in [0.717, 1.165) is 56.3 Å². The van der Waals surface area contributed by atoms with Crippen molar-refractivity contribution in [2.45, 2.75) is 142 Å². The molecule has 0 spiro atoms. The Labute approximate surface area is 204 Å². The molecule has 0 saturated heterocycles. The maximum Gasteiger partial charge on any atom is 0.139 e. The number of carbonyl (C=O) groups is 1. The Kier molecular flexibility index (Phi) is 8.99. The van der Waals surface area contributed by atoms with Crippen molar-refractivity contribution in [2.75, 3.05) is 7.11 Å². The van der Waals surface area contributed by atoms with Gasteiger partial charge in [0.25, 0.3) is 0 Å². The summed E-state index contributed by atoms with van der Waals surface area (Å²) in [5.41, 5.74) is 0.443. The highest BCUT2D eigenvalue weighted by atomic mass is 16.5. The van der Waals surface area contributed by atoms with E-state index < -0.39 is 0 Å². The zero-order chi connectivity index (χ0) is 23.4. The van der Waals surface area contributed by atoms with Crippen LogP contribution in [0.1, 0.15) is 124 Å². The first-order chi connectivity index (χ1) is 15.9. The first-order valence-electron chi connectivity index (χ1n) is 14.6. The van der Waals surface area contributed by atoms with Gasteiger partial charge in [-0.25, -0.2) is 0 Å². The van der Waals surface area contributed by atoms with Crippen molar-refractivity contribution in [3.05, 3.63) is 0 Å². The maximum atomic E-state index is 13.0. The minimum atomic E-state index is 0.327. The summed E-state index contributed by atoms with van der Waals surface area (Å²) in [6.07, 6.45) is 20.8. The molecule has 0 unspecified atom stereocenters. The molecule has 4 fully saturated rings. The molecule has 0 aromatic heterocycles. The normalized spacial score (nSPS) is 41.0. The predicted octanol–water partition coefficient (Wildman–Crippen LogP) is 7.75. The van der Waals surface area contributed by atoms with E-state index in [1.165, 1.54) is 64.2 Å². The molecule has 0 N–H and O–H groups in total. The molecule has 190 valence electrons. The van der Waals surface area contributed by atoms with Gasteiger partial charge in [-0.1, -0.05) is 33.6 Å². The third-order valence-corrected chi connectivity index (χ3v) is 10.7. The molecule has 4 saturated carbocycles. The van der Waals surface area contributed by atoms with Crippen LogP contribution in [0.3, 0.4) is 0 Å². The fraction of sp³-hybridized carbons (Fsp3) is 0.967. The highest BCUT2D eigenvalue weighted by Gasteiger charge is 2.41. The molecule has 4 rings (SSSR count). The number of carbonyl (C=O) groups excluding carboxylic acids is 1. The van der Waals surface area contributed by atoms with E-state index >= 15 is 0 Å². The Morgan fingerprint density at radius 1 is 0.606 bits per heavy atom. The van der Waals surface area contributed by atoms with Gasteiger partial charge in [-0.3, -0.25) is 4.79 Å². The zero-order valence-electron chi connectivity index (χ0n) is 22.2. The Balaban J connectivity index is 1.16. The summed E-state index contributed by atoms with van der Waals surface area (Å²) < 4.78 is 12.2. The average Bonchev–Trinajstić information content (AvgIpc) is 2.85. The first-order valence-corrected chi connectivity index (χ1v) is 14.6. The molecule has 0 heterocycles. The molecule has 0 bridgehead atoms. The largest absolute Gasteiger partial charge is 0.381 e. The second-order valence-corrected chi connectivity index (χ2v) is 13.0. The predicted molar refractivity (Wildman–Crippen MR) is 135 cm³/mol.